The van der Waals surface area contributed by atoms with Crippen molar-refractivity contribution in [2.45, 2.75) is 31.4 Å². The van der Waals surface area contributed by atoms with Gasteiger partial charge in [0, 0.05) is 37.7 Å². The maximum absolute atomic E-state index is 13.5. The number of aliphatic hydroxyl groups excluding tert-OH is 1. The highest BCUT2D eigenvalue weighted by molar-refractivity contribution is 5.82. The maximum Gasteiger partial charge on any atom is 0.225 e. The number of nitrogens with zero attached hydrogens (tertiary/aromatic N) is 4. The fraction of sp³-hybridized carbons (Fsp3) is 0.464. The molecule has 2 aromatic carbocycles. The number of hydrogen-bond acceptors (Lipinski definition) is 8. The van der Waals surface area contributed by atoms with Gasteiger partial charge in [-0.1, -0.05) is 6.07 Å². The Hall–Kier alpha value is -3.43. The monoisotopic (exact) mass is 503 g/mol. The first-order chi connectivity index (χ1) is 18.1. The van der Waals surface area contributed by atoms with E-state index in [9.17, 15) is 9.90 Å². The lowest BCUT2D eigenvalue weighted by Crippen LogP contribution is -2.48. The third kappa shape index (κ3) is 5.19. The zero-order valence-corrected chi connectivity index (χ0v) is 20.9. The van der Waals surface area contributed by atoms with Crippen molar-refractivity contribution in [3.63, 3.8) is 0 Å². The Balaban J connectivity index is 1.15. The molecule has 0 aliphatic carbocycles. The Bertz CT molecular complexity index is 1260. The fourth-order valence-corrected chi connectivity index (χ4v) is 5.60. The van der Waals surface area contributed by atoms with Gasteiger partial charge < -0.3 is 29.7 Å². The summed E-state index contributed by atoms with van der Waals surface area (Å²) in [5.41, 5.74) is 3.48. The average molecular weight is 504 g/mol. The molecule has 2 N–H and O–H groups in total. The summed E-state index contributed by atoms with van der Waals surface area (Å²) in [6.45, 7) is 5.03. The van der Waals surface area contributed by atoms with E-state index in [1.54, 1.807) is 12.4 Å². The number of likely N-dealkylation sites (tertiary alicyclic amines) is 1. The molecule has 2 saturated heterocycles. The van der Waals surface area contributed by atoms with Crippen molar-refractivity contribution in [1.82, 2.24) is 20.2 Å². The van der Waals surface area contributed by atoms with Gasteiger partial charge in [-0.05, 0) is 68.2 Å². The molecular formula is C28H33N5O4. The van der Waals surface area contributed by atoms with E-state index in [-0.39, 0.29) is 11.8 Å². The summed E-state index contributed by atoms with van der Waals surface area (Å²) < 4.78 is 11.4. The van der Waals surface area contributed by atoms with Crippen LogP contribution in [-0.2, 0) is 4.79 Å². The molecule has 3 aliphatic rings. The van der Waals surface area contributed by atoms with Crippen LogP contribution in [0.2, 0.25) is 0 Å². The summed E-state index contributed by atoms with van der Waals surface area (Å²) in [6.07, 6.45) is 5.59. The molecule has 9 heteroatoms. The van der Waals surface area contributed by atoms with Gasteiger partial charge in [-0.2, -0.15) is 0 Å². The van der Waals surface area contributed by atoms with E-state index in [1.165, 1.54) is 0 Å². The van der Waals surface area contributed by atoms with Gasteiger partial charge in [0.05, 0.1) is 23.0 Å². The van der Waals surface area contributed by atoms with Crippen molar-refractivity contribution < 1.29 is 19.4 Å². The molecule has 1 amide bonds. The lowest BCUT2D eigenvalue weighted by Gasteiger charge is -2.30. The summed E-state index contributed by atoms with van der Waals surface area (Å²) in [5.74, 6) is 1.17. The molecule has 4 heterocycles. The van der Waals surface area contributed by atoms with Gasteiger partial charge in [0.1, 0.15) is 19.3 Å². The number of rotatable bonds is 7. The largest absolute Gasteiger partial charge is 0.486 e. The fourth-order valence-electron chi connectivity index (χ4n) is 5.60. The minimum Gasteiger partial charge on any atom is -0.486 e. The number of nitrogens with one attached hydrogen (secondary N) is 1. The molecule has 0 saturated carbocycles. The second kappa shape index (κ2) is 10.5. The van der Waals surface area contributed by atoms with Crippen LogP contribution in [0.1, 0.15) is 30.9 Å². The molecule has 37 heavy (non-hydrogen) atoms. The summed E-state index contributed by atoms with van der Waals surface area (Å²) in [7, 11) is 0. The van der Waals surface area contributed by atoms with Crippen LogP contribution in [-0.4, -0.2) is 77.9 Å². The zero-order valence-electron chi connectivity index (χ0n) is 20.9. The van der Waals surface area contributed by atoms with Crippen LogP contribution in [0.5, 0.6) is 11.5 Å². The lowest BCUT2D eigenvalue weighted by molar-refractivity contribution is -0.126. The van der Waals surface area contributed by atoms with E-state index >= 15 is 0 Å². The standard InChI is InChI=1S/C28H33N5O4/c34-27(19-3-6-25-26(15-19)37-14-13-36-25)24(18-32-10-1-2-11-32)31-28(35)20-7-12-33(17-20)21-4-5-22-23(16-21)30-9-8-29-22/h3-6,8-9,15-16,20,24,27,34H,1-2,7,10-14,17-18H2,(H,31,35)/t20-,24+,27+/m0/s1. The lowest BCUT2D eigenvalue weighted by atomic mass is 9.99. The van der Waals surface area contributed by atoms with Gasteiger partial charge in [0.15, 0.2) is 11.5 Å². The van der Waals surface area contributed by atoms with Crippen LogP contribution < -0.4 is 19.7 Å². The van der Waals surface area contributed by atoms with E-state index in [2.05, 4.69) is 25.1 Å². The number of aromatic nitrogens is 2. The normalized spacial score (nSPS) is 21.2. The topological polar surface area (TPSA) is 100 Å². The van der Waals surface area contributed by atoms with Gasteiger partial charge in [-0.25, -0.2) is 0 Å². The first-order valence-electron chi connectivity index (χ1n) is 13.2. The van der Waals surface area contributed by atoms with E-state index in [0.29, 0.717) is 37.8 Å². The van der Waals surface area contributed by atoms with Gasteiger partial charge >= 0.3 is 0 Å². The molecule has 0 spiro atoms. The van der Waals surface area contributed by atoms with Gasteiger partial charge in [0.25, 0.3) is 0 Å². The van der Waals surface area contributed by atoms with E-state index in [0.717, 1.165) is 61.2 Å². The van der Waals surface area contributed by atoms with Gasteiger partial charge in [-0.15, -0.1) is 0 Å². The quantitative estimate of drug-likeness (QED) is 0.508. The van der Waals surface area contributed by atoms with E-state index in [4.69, 9.17) is 9.47 Å². The number of ether oxygens (including phenoxy) is 2. The van der Waals surface area contributed by atoms with Crippen molar-refractivity contribution >= 4 is 22.6 Å². The van der Waals surface area contributed by atoms with Crippen molar-refractivity contribution in [2.75, 3.05) is 50.8 Å². The third-order valence-corrected chi connectivity index (χ3v) is 7.65. The smallest absolute Gasteiger partial charge is 0.225 e. The molecule has 6 rings (SSSR count). The summed E-state index contributed by atoms with van der Waals surface area (Å²) >= 11 is 0. The number of hydrogen-bond donors (Lipinski definition) is 2. The second-order valence-electron chi connectivity index (χ2n) is 10.1. The average Bonchev–Trinajstić information content (AvgIpc) is 3.64. The van der Waals surface area contributed by atoms with Crippen LogP contribution in [0.25, 0.3) is 11.0 Å². The summed E-state index contributed by atoms with van der Waals surface area (Å²) in [4.78, 5) is 26.8. The van der Waals surface area contributed by atoms with Crippen LogP contribution in [0, 0.1) is 5.92 Å². The number of benzene rings is 2. The molecule has 0 unspecified atom stereocenters. The summed E-state index contributed by atoms with van der Waals surface area (Å²) in [5, 5.41) is 14.6. The van der Waals surface area contributed by atoms with E-state index < -0.39 is 12.1 Å². The number of fused-ring (bicyclic) bond motifs is 2. The van der Waals surface area contributed by atoms with Crippen LogP contribution in [0.3, 0.4) is 0 Å². The predicted octanol–water partition coefficient (Wildman–Crippen LogP) is 2.54. The first kappa shape index (κ1) is 23.9. The molecule has 0 radical (unpaired) electrons. The summed E-state index contributed by atoms with van der Waals surface area (Å²) in [6, 6.07) is 11.2. The van der Waals surface area contributed by atoms with Gasteiger partial charge in [0.2, 0.25) is 5.91 Å². The second-order valence-corrected chi connectivity index (χ2v) is 10.1. The molecule has 1 aromatic heterocycles. The molecule has 3 atom stereocenters. The highest BCUT2D eigenvalue weighted by Gasteiger charge is 2.33. The van der Waals surface area contributed by atoms with Gasteiger partial charge in [-0.3, -0.25) is 14.8 Å². The Morgan fingerprint density at radius 1 is 1.00 bits per heavy atom. The Morgan fingerprint density at radius 3 is 2.62 bits per heavy atom. The minimum absolute atomic E-state index is 0.0103. The Kier molecular flexibility index (Phi) is 6.80. The predicted molar refractivity (Wildman–Crippen MR) is 140 cm³/mol. The van der Waals surface area contributed by atoms with Crippen molar-refractivity contribution in [3.05, 3.63) is 54.4 Å². The molecule has 9 nitrogen and oxygen atoms in total. The third-order valence-electron chi connectivity index (χ3n) is 7.65. The SMILES string of the molecule is O=C(N[C@H](CN1CCCC1)[C@H](O)c1ccc2c(c1)OCCO2)[C@H]1CCN(c2ccc3nccnc3c2)C1. The first-order valence-corrected chi connectivity index (χ1v) is 13.2. The zero-order chi connectivity index (χ0) is 25.2. The number of anilines is 1. The van der Waals surface area contributed by atoms with Crippen molar-refractivity contribution in [2.24, 2.45) is 5.92 Å². The van der Waals surface area contributed by atoms with E-state index in [1.807, 2.05) is 36.4 Å². The molecule has 2 fully saturated rings. The van der Waals surface area contributed by atoms with Crippen LogP contribution in [0.4, 0.5) is 5.69 Å². The molecular weight excluding hydrogens is 470 g/mol. The highest BCUT2D eigenvalue weighted by atomic mass is 16.6. The number of carbonyl (C=O) groups excluding carboxylic acids is 1. The van der Waals surface area contributed by atoms with Crippen molar-refractivity contribution in [1.29, 1.82) is 0 Å². The molecule has 194 valence electrons. The maximum atomic E-state index is 13.5. The number of aliphatic hydroxyl groups is 1. The number of amides is 1. The van der Waals surface area contributed by atoms with Crippen LogP contribution >= 0.6 is 0 Å². The molecule has 0 bridgehead atoms. The Labute approximate surface area is 216 Å². The Morgan fingerprint density at radius 2 is 1.78 bits per heavy atom. The molecule has 3 aliphatic heterocycles. The molecule has 3 aromatic rings. The highest BCUT2D eigenvalue weighted by Crippen LogP contribution is 2.34. The van der Waals surface area contributed by atoms with Crippen molar-refractivity contribution in [3.8, 4) is 11.5 Å². The minimum atomic E-state index is -0.850. The van der Waals surface area contributed by atoms with Crippen LogP contribution in [0.15, 0.2) is 48.8 Å². The number of carbonyl (C=O) groups is 1.